The summed E-state index contributed by atoms with van der Waals surface area (Å²) in [5.41, 5.74) is 1.61. The van der Waals surface area contributed by atoms with Gasteiger partial charge in [0.25, 0.3) is 0 Å². The molecule has 2 aromatic rings. The van der Waals surface area contributed by atoms with Gasteiger partial charge in [0.05, 0.1) is 11.0 Å². The van der Waals surface area contributed by atoms with Crippen LogP contribution in [0.2, 0.25) is 5.02 Å². The highest BCUT2D eigenvalue weighted by molar-refractivity contribution is 6.31. The zero-order valence-corrected chi connectivity index (χ0v) is 7.93. The first-order valence-corrected chi connectivity index (χ1v) is 4.48. The zero-order chi connectivity index (χ0) is 9.42. The van der Waals surface area contributed by atoms with Crippen LogP contribution < -0.4 is 5.69 Å². The van der Waals surface area contributed by atoms with Crippen molar-refractivity contribution in [2.45, 2.75) is 13.5 Å². The van der Waals surface area contributed by atoms with Crippen LogP contribution in [-0.2, 0) is 6.54 Å². The molecule has 0 amide bonds. The molecule has 3 nitrogen and oxygen atoms in total. The number of hydrogen-bond donors (Lipinski definition) is 1. The number of benzene rings is 1. The molecule has 68 valence electrons. The van der Waals surface area contributed by atoms with Crippen molar-refractivity contribution >= 4 is 22.6 Å². The molecule has 0 spiro atoms. The molecular weight excluding hydrogens is 188 g/mol. The van der Waals surface area contributed by atoms with Crippen LogP contribution in [0.25, 0.3) is 11.0 Å². The third-order valence-corrected chi connectivity index (χ3v) is 2.29. The molecule has 0 saturated heterocycles. The summed E-state index contributed by atoms with van der Waals surface area (Å²) in [5.74, 6) is 0. The van der Waals surface area contributed by atoms with E-state index in [0.717, 1.165) is 11.0 Å². The average Bonchev–Trinajstić information content (AvgIpc) is 2.40. The quantitative estimate of drug-likeness (QED) is 0.745. The largest absolute Gasteiger partial charge is 0.326 e. The molecule has 1 N–H and O–H groups in total. The zero-order valence-electron chi connectivity index (χ0n) is 7.17. The van der Waals surface area contributed by atoms with Crippen molar-refractivity contribution in [3.8, 4) is 0 Å². The van der Waals surface area contributed by atoms with Gasteiger partial charge in [-0.15, -0.1) is 0 Å². The highest BCUT2D eigenvalue weighted by Crippen LogP contribution is 2.16. The Bertz CT molecular complexity index is 498. The van der Waals surface area contributed by atoms with Gasteiger partial charge in [-0.3, -0.25) is 4.57 Å². The summed E-state index contributed by atoms with van der Waals surface area (Å²) in [6.07, 6.45) is 0. The Balaban J connectivity index is 2.89. The van der Waals surface area contributed by atoms with E-state index in [0.29, 0.717) is 11.6 Å². The van der Waals surface area contributed by atoms with Crippen molar-refractivity contribution in [2.75, 3.05) is 0 Å². The third-order valence-electron chi connectivity index (χ3n) is 2.05. The fraction of sp³-hybridized carbons (Fsp3) is 0.222. The lowest BCUT2D eigenvalue weighted by atomic mass is 10.3. The van der Waals surface area contributed by atoms with E-state index >= 15 is 0 Å². The van der Waals surface area contributed by atoms with Crippen molar-refractivity contribution in [3.63, 3.8) is 0 Å². The normalized spacial score (nSPS) is 10.9. The van der Waals surface area contributed by atoms with Crippen LogP contribution in [0.5, 0.6) is 0 Å². The molecule has 0 bridgehead atoms. The molecule has 0 saturated carbocycles. The molecule has 13 heavy (non-hydrogen) atoms. The van der Waals surface area contributed by atoms with Gasteiger partial charge in [-0.05, 0) is 25.1 Å². The third kappa shape index (κ3) is 1.25. The molecule has 0 radical (unpaired) electrons. The van der Waals surface area contributed by atoms with E-state index in [9.17, 15) is 4.79 Å². The Morgan fingerprint density at radius 1 is 1.54 bits per heavy atom. The van der Waals surface area contributed by atoms with Gasteiger partial charge in [0.15, 0.2) is 0 Å². The Hall–Kier alpha value is -1.22. The lowest BCUT2D eigenvalue weighted by Crippen LogP contribution is -2.14. The number of nitrogens with one attached hydrogen (secondary N) is 1. The van der Waals surface area contributed by atoms with E-state index < -0.39 is 0 Å². The van der Waals surface area contributed by atoms with E-state index in [2.05, 4.69) is 4.98 Å². The van der Waals surface area contributed by atoms with E-state index in [1.54, 1.807) is 16.7 Å². The van der Waals surface area contributed by atoms with Crippen molar-refractivity contribution < 1.29 is 0 Å². The maximum atomic E-state index is 11.3. The lowest BCUT2D eigenvalue weighted by molar-refractivity contribution is 0.753. The van der Waals surface area contributed by atoms with E-state index in [1.165, 1.54) is 0 Å². The number of halogens is 1. The minimum Gasteiger partial charge on any atom is -0.306 e. The van der Waals surface area contributed by atoms with Crippen LogP contribution in [0, 0.1) is 0 Å². The topological polar surface area (TPSA) is 37.8 Å². The molecule has 1 aromatic carbocycles. The molecule has 2 rings (SSSR count). The predicted molar refractivity (Wildman–Crippen MR) is 53.2 cm³/mol. The molecule has 0 atom stereocenters. The van der Waals surface area contributed by atoms with Gasteiger partial charge >= 0.3 is 5.69 Å². The van der Waals surface area contributed by atoms with Crippen molar-refractivity contribution in [1.29, 1.82) is 0 Å². The fourth-order valence-electron chi connectivity index (χ4n) is 1.44. The van der Waals surface area contributed by atoms with Gasteiger partial charge in [-0.1, -0.05) is 11.6 Å². The highest BCUT2D eigenvalue weighted by atomic mass is 35.5. The summed E-state index contributed by atoms with van der Waals surface area (Å²) in [5, 5.41) is 0.647. The van der Waals surface area contributed by atoms with Crippen molar-refractivity contribution in [1.82, 2.24) is 9.55 Å². The molecule has 0 aliphatic heterocycles. The smallest absolute Gasteiger partial charge is 0.306 e. The maximum Gasteiger partial charge on any atom is 0.326 e. The molecule has 4 heteroatoms. The lowest BCUT2D eigenvalue weighted by Gasteiger charge is -1.97. The Kier molecular flexibility index (Phi) is 1.88. The Labute approximate surface area is 79.9 Å². The van der Waals surface area contributed by atoms with Crippen molar-refractivity contribution in [3.05, 3.63) is 33.7 Å². The first-order valence-electron chi connectivity index (χ1n) is 4.10. The van der Waals surface area contributed by atoms with Crippen LogP contribution in [0.4, 0.5) is 0 Å². The van der Waals surface area contributed by atoms with Gasteiger partial charge in [0, 0.05) is 11.6 Å². The monoisotopic (exact) mass is 196 g/mol. The summed E-state index contributed by atoms with van der Waals surface area (Å²) in [6, 6.07) is 5.36. The SMILES string of the molecule is CCn1c(=O)[nH]c2ccc(Cl)cc21. The molecule has 1 heterocycles. The first kappa shape index (κ1) is 8.38. The Morgan fingerprint density at radius 3 is 3.00 bits per heavy atom. The first-order chi connectivity index (χ1) is 6.22. The number of imidazole rings is 1. The highest BCUT2D eigenvalue weighted by Gasteiger charge is 2.04. The van der Waals surface area contributed by atoms with Gasteiger partial charge in [-0.2, -0.15) is 0 Å². The molecule has 0 fully saturated rings. The minimum absolute atomic E-state index is 0.0835. The van der Waals surface area contributed by atoms with Crippen LogP contribution in [-0.4, -0.2) is 9.55 Å². The van der Waals surface area contributed by atoms with Gasteiger partial charge < -0.3 is 4.98 Å². The molecule has 0 aliphatic rings. The van der Waals surface area contributed by atoms with Crippen molar-refractivity contribution in [2.24, 2.45) is 0 Å². The number of aromatic amines is 1. The molecule has 1 aromatic heterocycles. The number of nitrogens with zero attached hydrogens (tertiary/aromatic N) is 1. The van der Waals surface area contributed by atoms with Gasteiger partial charge in [0.1, 0.15) is 0 Å². The number of H-pyrrole nitrogens is 1. The number of rotatable bonds is 1. The minimum atomic E-state index is -0.0835. The van der Waals surface area contributed by atoms with Crippen LogP contribution >= 0.6 is 11.6 Å². The maximum absolute atomic E-state index is 11.3. The fourth-order valence-corrected chi connectivity index (χ4v) is 1.61. The second-order valence-electron chi connectivity index (χ2n) is 2.84. The summed E-state index contributed by atoms with van der Waals surface area (Å²) < 4.78 is 1.65. The molecule has 0 unspecified atom stereocenters. The van der Waals surface area contributed by atoms with E-state index in [1.807, 2.05) is 13.0 Å². The number of fused-ring (bicyclic) bond motifs is 1. The van der Waals surface area contributed by atoms with E-state index in [4.69, 9.17) is 11.6 Å². The van der Waals surface area contributed by atoms with E-state index in [-0.39, 0.29) is 5.69 Å². The molecular formula is C9H9ClN2O. The molecule has 0 aliphatic carbocycles. The van der Waals surface area contributed by atoms with Crippen LogP contribution in [0.1, 0.15) is 6.92 Å². The number of aryl methyl sites for hydroxylation is 1. The van der Waals surface area contributed by atoms with Crippen LogP contribution in [0.15, 0.2) is 23.0 Å². The second-order valence-corrected chi connectivity index (χ2v) is 3.27. The van der Waals surface area contributed by atoms with Gasteiger partial charge in [0.2, 0.25) is 0 Å². The standard InChI is InChI=1S/C9H9ClN2O/c1-2-12-8-5-6(10)3-4-7(8)11-9(12)13/h3-5H,2H2,1H3,(H,11,13). The number of hydrogen-bond acceptors (Lipinski definition) is 1. The second kappa shape index (κ2) is 2.92. The predicted octanol–water partition coefficient (Wildman–Crippen LogP) is 2.00. The van der Waals surface area contributed by atoms with Gasteiger partial charge in [-0.25, -0.2) is 4.79 Å². The average molecular weight is 197 g/mol. The van der Waals surface area contributed by atoms with Crippen LogP contribution in [0.3, 0.4) is 0 Å². The summed E-state index contributed by atoms with van der Waals surface area (Å²) >= 11 is 5.83. The Morgan fingerprint density at radius 2 is 2.31 bits per heavy atom. The summed E-state index contributed by atoms with van der Waals surface area (Å²) in [6.45, 7) is 2.58. The number of aromatic nitrogens is 2. The summed E-state index contributed by atoms with van der Waals surface area (Å²) in [4.78, 5) is 14.1. The summed E-state index contributed by atoms with van der Waals surface area (Å²) in [7, 11) is 0.